The first-order valence-electron chi connectivity index (χ1n) is 8.03. The summed E-state index contributed by atoms with van der Waals surface area (Å²) >= 11 is 0. The smallest absolute Gasteiger partial charge is 0.152 e. The molecule has 0 unspecified atom stereocenters. The number of hydrogen-bond acceptors (Lipinski definition) is 4. The van der Waals surface area contributed by atoms with E-state index in [1.165, 1.54) is 5.56 Å². The molecule has 1 fully saturated rings. The van der Waals surface area contributed by atoms with Crippen LogP contribution in [0.5, 0.6) is 0 Å². The number of hydrogen-bond donors (Lipinski definition) is 1. The van der Waals surface area contributed by atoms with Crippen molar-refractivity contribution in [2.45, 2.75) is 19.4 Å². The first-order valence-corrected chi connectivity index (χ1v) is 8.03. The summed E-state index contributed by atoms with van der Waals surface area (Å²) in [6.45, 7) is 3.65. The van der Waals surface area contributed by atoms with Crippen LogP contribution in [0.15, 0.2) is 48.8 Å². The van der Waals surface area contributed by atoms with E-state index in [0.29, 0.717) is 5.92 Å². The highest BCUT2D eigenvalue weighted by molar-refractivity contribution is 5.67. The molecule has 3 aromatic rings. The molecule has 5 nitrogen and oxygen atoms in total. The van der Waals surface area contributed by atoms with Crippen LogP contribution in [0.1, 0.15) is 23.8 Å². The monoisotopic (exact) mass is 308 g/mol. The van der Waals surface area contributed by atoms with Crippen molar-refractivity contribution in [3.63, 3.8) is 0 Å². The summed E-state index contributed by atoms with van der Waals surface area (Å²) in [5, 5.41) is 7.92. The van der Waals surface area contributed by atoms with E-state index in [1.807, 2.05) is 23.7 Å². The van der Waals surface area contributed by atoms with Crippen LogP contribution in [-0.2, 0) is 4.74 Å². The van der Waals surface area contributed by atoms with Crippen molar-refractivity contribution in [3.05, 3.63) is 60.0 Å². The molecule has 0 bridgehead atoms. The maximum atomic E-state index is 5.95. The van der Waals surface area contributed by atoms with Crippen LogP contribution in [0.3, 0.4) is 0 Å². The molecule has 0 aliphatic carbocycles. The lowest BCUT2D eigenvalue weighted by Gasteiger charge is -2.19. The Kier molecular flexibility index (Phi) is 3.71. The van der Waals surface area contributed by atoms with Gasteiger partial charge in [-0.3, -0.25) is 0 Å². The molecule has 23 heavy (non-hydrogen) atoms. The third kappa shape index (κ3) is 2.80. The van der Waals surface area contributed by atoms with Crippen LogP contribution in [0.2, 0.25) is 0 Å². The summed E-state index contributed by atoms with van der Waals surface area (Å²) < 4.78 is 7.82. The van der Waals surface area contributed by atoms with Gasteiger partial charge in [0.15, 0.2) is 5.82 Å². The quantitative estimate of drug-likeness (QED) is 0.804. The fourth-order valence-electron chi connectivity index (χ4n) is 3.26. The zero-order valence-electron chi connectivity index (χ0n) is 13.1. The highest BCUT2D eigenvalue weighted by atomic mass is 16.5. The number of nitrogens with zero attached hydrogens (tertiary/aromatic N) is 3. The van der Waals surface area contributed by atoms with E-state index in [0.717, 1.165) is 36.6 Å². The van der Waals surface area contributed by atoms with Crippen molar-refractivity contribution in [1.82, 2.24) is 14.6 Å². The average molecular weight is 308 g/mol. The van der Waals surface area contributed by atoms with Gasteiger partial charge < -0.3 is 10.1 Å². The van der Waals surface area contributed by atoms with Gasteiger partial charge >= 0.3 is 0 Å². The van der Waals surface area contributed by atoms with Gasteiger partial charge in [0.2, 0.25) is 0 Å². The summed E-state index contributed by atoms with van der Waals surface area (Å²) in [5.41, 5.74) is 3.26. The Hall–Kier alpha value is -2.40. The Bertz CT molecular complexity index is 799. The second-order valence-corrected chi connectivity index (χ2v) is 6.02. The molecule has 0 amide bonds. The molecule has 2 atom stereocenters. The van der Waals surface area contributed by atoms with Crippen molar-refractivity contribution < 1.29 is 4.74 Å². The molecule has 4 rings (SSSR count). The molecule has 2 aromatic heterocycles. The third-order valence-electron chi connectivity index (χ3n) is 4.39. The maximum Gasteiger partial charge on any atom is 0.152 e. The van der Waals surface area contributed by atoms with Crippen LogP contribution < -0.4 is 5.32 Å². The molecule has 1 aromatic carbocycles. The van der Waals surface area contributed by atoms with Gasteiger partial charge in [0.25, 0.3) is 0 Å². The summed E-state index contributed by atoms with van der Waals surface area (Å²) in [5.74, 6) is 1.33. The molecule has 5 heteroatoms. The lowest BCUT2D eigenvalue weighted by Crippen LogP contribution is -2.18. The third-order valence-corrected chi connectivity index (χ3v) is 4.39. The zero-order chi connectivity index (χ0) is 15.6. The predicted molar refractivity (Wildman–Crippen MR) is 89.5 cm³/mol. The highest BCUT2D eigenvalue weighted by Gasteiger charge is 2.29. The topological polar surface area (TPSA) is 51.5 Å². The van der Waals surface area contributed by atoms with Gasteiger partial charge in [-0.15, -0.1) is 0 Å². The van der Waals surface area contributed by atoms with Crippen molar-refractivity contribution in [2.75, 3.05) is 18.5 Å². The molecular formula is C18H20N4O. The van der Waals surface area contributed by atoms with Crippen LogP contribution in [0, 0.1) is 12.8 Å². The fourth-order valence-corrected chi connectivity index (χ4v) is 3.26. The van der Waals surface area contributed by atoms with E-state index in [2.05, 4.69) is 45.7 Å². The predicted octanol–water partition coefficient (Wildman–Crippen LogP) is 3.23. The number of benzene rings is 1. The van der Waals surface area contributed by atoms with E-state index >= 15 is 0 Å². The molecule has 1 N–H and O–H groups in total. The summed E-state index contributed by atoms with van der Waals surface area (Å²) in [7, 11) is 0. The Labute approximate surface area is 135 Å². The van der Waals surface area contributed by atoms with E-state index in [4.69, 9.17) is 4.74 Å². The van der Waals surface area contributed by atoms with Crippen LogP contribution >= 0.6 is 0 Å². The van der Waals surface area contributed by atoms with Crippen molar-refractivity contribution in [1.29, 1.82) is 0 Å². The number of ether oxygens (including phenoxy) is 1. The lowest BCUT2D eigenvalue weighted by atomic mass is 9.95. The van der Waals surface area contributed by atoms with Gasteiger partial charge in [-0.1, -0.05) is 30.3 Å². The molecule has 3 heterocycles. The second-order valence-electron chi connectivity index (χ2n) is 6.02. The molecule has 1 aliphatic heterocycles. The maximum absolute atomic E-state index is 5.95. The molecular weight excluding hydrogens is 288 g/mol. The number of fused-ring (bicyclic) bond motifs is 1. The number of anilines is 1. The SMILES string of the molecule is Cc1cc2c(NC[C@@H]3CCO[C@H]3c3ccccc3)nccn2n1. The first-order chi connectivity index (χ1) is 11.3. The molecule has 118 valence electrons. The van der Waals surface area contributed by atoms with Gasteiger partial charge in [-0.25, -0.2) is 9.50 Å². The first kappa shape index (κ1) is 14.2. The van der Waals surface area contributed by atoms with Gasteiger partial charge in [0.1, 0.15) is 5.52 Å². The Balaban J connectivity index is 1.51. The van der Waals surface area contributed by atoms with Gasteiger partial charge in [0.05, 0.1) is 11.8 Å². The molecule has 0 radical (unpaired) electrons. The largest absolute Gasteiger partial charge is 0.373 e. The summed E-state index contributed by atoms with van der Waals surface area (Å²) in [4.78, 5) is 4.47. The van der Waals surface area contributed by atoms with Crippen molar-refractivity contribution >= 4 is 11.3 Å². The minimum atomic E-state index is 0.162. The molecule has 1 saturated heterocycles. The van der Waals surface area contributed by atoms with Gasteiger partial charge in [-0.2, -0.15) is 5.10 Å². The summed E-state index contributed by atoms with van der Waals surface area (Å²) in [6, 6.07) is 12.5. The Morgan fingerprint density at radius 3 is 3.04 bits per heavy atom. The Morgan fingerprint density at radius 2 is 2.17 bits per heavy atom. The number of nitrogens with one attached hydrogen (secondary N) is 1. The van der Waals surface area contributed by atoms with E-state index in [-0.39, 0.29) is 6.10 Å². The van der Waals surface area contributed by atoms with E-state index in [1.54, 1.807) is 6.20 Å². The molecule has 0 spiro atoms. The average Bonchev–Trinajstić information content (AvgIpc) is 3.19. The van der Waals surface area contributed by atoms with Crippen molar-refractivity contribution in [2.24, 2.45) is 5.92 Å². The lowest BCUT2D eigenvalue weighted by molar-refractivity contribution is 0.0933. The number of aromatic nitrogens is 3. The number of aryl methyl sites for hydroxylation is 1. The van der Waals surface area contributed by atoms with Gasteiger partial charge in [-0.05, 0) is 25.0 Å². The standard InChI is InChI=1S/C18H20N4O/c1-13-11-16-18(19-8-9-22(16)21-13)20-12-15-7-10-23-17(15)14-5-3-2-4-6-14/h2-6,8-9,11,15,17H,7,10,12H2,1H3,(H,19,20)/t15-,17-/m0/s1. The van der Waals surface area contributed by atoms with E-state index < -0.39 is 0 Å². The van der Waals surface area contributed by atoms with E-state index in [9.17, 15) is 0 Å². The fraction of sp³-hybridized carbons (Fsp3) is 0.333. The minimum absolute atomic E-state index is 0.162. The van der Waals surface area contributed by atoms with Gasteiger partial charge in [0, 0.05) is 31.5 Å². The van der Waals surface area contributed by atoms with Crippen LogP contribution in [0.25, 0.3) is 5.52 Å². The zero-order valence-corrected chi connectivity index (χ0v) is 13.1. The molecule has 1 aliphatic rings. The minimum Gasteiger partial charge on any atom is -0.373 e. The second kappa shape index (κ2) is 6.01. The normalized spacial score (nSPS) is 20.9. The molecule has 0 saturated carbocycles. The number of rotatable bonds is 4. The van der Waals surface area contributed by atoms with Crippen LogP contribution in [-0.4, -0.2) is 27.7 Å². The Morgan fingerprint density at radius 1 is 1.30 bits per heavy atom. The highest BCUT2D eigenvalue weighted by Crippen LogP contribution is 2.34. The van der Waals surface area contributed by atoms with Crippen LogP contribution in [0.4, 0.5) is 5.82 Å². The summed E-state index contributed by atoms with van der Waals surface area (Å²) in [6.07, 6.45) is 4.88. The van der Waals surface area contributed by atoms with Crippen molar-refractivity contribution in [3.8, 4) is 0 Å².